The zero-order chi connectivity index (χ0) is 21.3. The first kappa shape index (κ1) is 21.4. The zero-order valence-corrected chi connectivity index (χ0v) is 18.4. The molecule has 154 valence electrons. The van der Waals surface area contributed by atoms with Gasteiger partial charge in [0.2, 0.25) is 0 Å². The molecule has 4 nitrogen and oxygen atoms in total. The van der Waals surface area contributed by atoms with Crippen LogP contribution in [0.1, 0.15) is 41.9 Å². The maximum absolute atomic E-state index is 13.3. The molecule has 1 aromatic heterocycles. The van der Waals surface area contributed by atoms with E-state index in [2.05, 4.69) is 34.7 Å². The number of fused-ring (bicyclic) bond motifs is 1. The predicted molar refractivity (Wildman–Crippen MR) is 117 cm³/mol. The number of nitrogens with zero attached hydrogens (tertiary/aromatic N) is 2. The van der Waals surface area contributed by atoms with Gasteiger partial charge in [0, 0.05) is 22.3 Å². The van der Waals surface area contributed by atoms with Crippen molar-refractivity contribution in [1.29, 1.82) is 0 Å². The van der Waals surface area contributed by atoms with E-state index in [1.807, 2.05) is 26.0 Å². The summed E-state index contributed by atoms with van der Waals surface area (Å²) in [5.41, 5.74) is 2.29. The minimum atomic E-state index is -2.49. The highest BCUT2D eigenvalue weighted by Crippen LogP contribution is 2.35. The number of halogens is 2. The molecule has 0 fully saturated rings. The lowest BCUT2D eigenvalue weighted by Gasteiger charge is -2.21. The number of alkyl halides is 2. The molecule has 0 aliphatic rings. The van der Waals surface area contributed by atoms with Crippen LogP contribution in [0.2, 0.25) is 0 Å². The van der Waals surface area contributed by atoms with Crippen LogP contribution in [0.25, 0.3) is 10.9 Å². The molecular weight excluding hydrogens is 391 g/mol. The maximum Gasteiger partial charge on any atom is 0.264 e. The Balaban J connectivity index is 2.08. The summed E-state index contributed by atoms with van der Waals surface area (Å²) in [4.78, 5) is 9.16. The lowest BCUT2D eigenvalue weighted by molar-refractivity contribution is 0.150. The van der Waals surface area contributed by atoms with E-state index >= 15 is 0 Å². The van der Waals surface area contributed by atoms with Crippen molar-refractivity contribution in [3.63, 3.8) is 0 Å². The van der Waals surface area contributed by atoms with Crippen molar-refractivity contribution in [2.24, 2.45) is 0 Å². The average molecular weight is 417 g/mol. The first-order valence-electron chi connectivity index (χ1n) is 9.40. The fourth-order valence-corrected chi connectivity index (χ4v) is 4.53. The van der Waals surface area contributed by atoms with Gasteiger partial charge >= 0.3 is 0 Å². The van der Waals surface area contributed by atoms with E-state index in [-0.39, 0.29) is 19.5 Å². The van der Waals surface area contributed by atoms with Crippen LogP contribution < -0.4 is 15.4 Å². The third-order valence-electron chi connectivity index (χ3n) is 5.06. The Bertz CT molecular complexity index is 1040. The Morgan fingerprint density at radius 3 is 2.38 bits per heavy atom. The van der Waals surface area contributed by atoms with Gasteiger partial charge in [-0.1, -0.05) is 26.1 Å². The van der Waals surface area contributed by atoms with Gasteiger partial charge in [-0.25, -0.2) is 18.7 Å². The smallest absolute Gasteiger partial charge is 0.264 e. The number of hydrogen-bond donors (Lipinski definition) is 1. The number of methoxy groups -OCH3 is 1. The Morgan fingerprint density at radius 1 is 1.07 bits per heavy atom. The van der Waals surface area contributed by atoms with Gasteiger partial charge < -0.3 is 10.1 Å². The molecule has 7 heteroatoms. The first-order chi connectivity index (χ1) is 13.7. The Morgan fingerprint density at radius 2 is 1.76 bits per heavy atom. The molecule has 0 saturated heterocycles. The van der Waals surface area contributed by atoms with Gasteiger partial charge in [-0.2, -0.15) is 0 Å². The molecule has 29 heavy (non-hydrogen) atoms. The van der Waals surface area contributed by atoms with Crippen molar-refractivity contribution in [3.05, 3.63) is 52.8 Å². The molecule has 0 saturated carbocycles. The van der Waals surface area contributed by atoms with Crippen LogP contribution in [0.5, 0.6) is 5.75 Å². The van der Waals surface area contributed by atoms with Gasteiger partial charge in [-0.05, 0) is 51.3 Å². The van der Waals surface area contributed by atoms with Crippen molar-refractivity contribution in [2.75, 3.05) is 25.8 Å². The molecule has 3 rings (SSSR count). The molecule has 1 N–H and O–H groups in total. The summed E-state index contributed by atoms with van der Waals surface area (Å²) in [6.07, 6.45) is -2.49. The maximum atomic E-state index is 13.3. The minimum absolute atomic E-state index is 0.0644. The number of ether oxygens (including phenoxy) is 1. The van der Waals surface area contributed by atoms with Crippen molar-refractivity contribution >= 4 is 29.9 Å². The fourth-order valence-electron chi connectivity index (χ4n) is 3.54. The molecule has 0 amide bonds. The van der Waals surface area contributed by atoms with Crippen LogP contribution in [0.3, 0.4) is 0 Å². The molecule has 0 unspecified atom stereocenters. The Hall–Kier alpha value is -2.33. The topological polar surface area (TPSA) is 47.0 Å². The van der Waals surface area contributed by atoms with Crippen LogP contribution in [0.15, 0.2) is 30.3 Å². The van der Waals surface area contributed by atoms with Gasteiger partial charge in [-0.15, -0.1) is 0 Å². The fraction of sp³-hybridized carbons (Fsp3) is 0.364. The summed E-state index contributed by atoms with van der Waals surface area (Å²) >= 11 is 0. The van der Waals surface area contributed by atoms with E-state index in [1.165, 1.54) is 6.07 Å². The second-order valence-corrected chi connectivity index (χ2v) is 9.55. The van der Waals surface area contributed by atoms with Gasteiger partial charge in [0.05, 0.1) is 18.7 Å². The van der Waals surface area contributed by atoms with E-state index in [0.29, 0.717) is 17.2 Å². The average Bonchev–Trinajstić information content (AvgIpc) is 2.66. The third kappa shape index (κ3) is 4.32. The summed E-state index contributed by atoms with van der Waals surface area (Å²) in [6.45, 7) is 9.87. The number of hydrogen-bond acceptors (Lipinski definition) is 4. The number of rotatable bonds is 6. The molecule has 0 spiro atoms. The Labute approximate surface area is 171 Å². The molecule has 2 aromatic carbocycles. The van der Waals surface area contributed by atoms with Crippen molar-refractivity contribution in [3.8, 4) is 5.75 Å². The first-order valence-corrected chi connectivity index (χ1v) is 11.6. The summed E-state index contributed by atoms with van der Waals surface area (Å²) in [5, 5.41) is 5.46. The van der Waals surface area contributed by atoms with Gasteiger partial charge in [0.15, 0.2) is 0 Å². The number of aryl methyl sites for hydroxylation is 1. The number of anilines is 1. The summed E-state index contributed by atoms with van der Waals surface area (Å²) in [5.74, 6) is 2.16. The van der Waals surface area contributed by atoms with E-state index in [0.717, 1.165) is 27.5 Å². The highest BCUT2D eigenvalue weighted by molar-refractivity contribution is 7.64. The second-order valence-electron chi connectivity index (χ2n) is 7.28. The van der Waals surface area contributed by atoms with E-state index in [1.54, 1.807) is 20.1 Å². The summed E-state index contributed by atoms with van der Waals surface area (Å²) in [7, 11) is 1.28. The predicted octanol–water partition coefficient (Wildman–Crippen LogP) is 5.73. The van der Waals surface area contributed by atoms with Crippen molar-refractivity contribution in [2.45, 2.75) is 33.2 Å². The van der Waals surface area contributed by atoms with Crippen LogP contribution in [-0.4, -0.2) is 30.4 Å². The summed E-state index contributed by atoms with van der Waals surface area (Å²) in [6, 6.07) is 8.86. The van der Waals surface area contributed by atoms with E-state index < -0.39 is 6.43 Å². The largest absolute Gasteiger partial charge is 0.496 e. The highest BCUT2D eigenvalue weighted by Gasteiger charge is 2.19. The molecule has 0 aliphatic heterocycles. The monoisotopic (exact) mass is 417 g/mol. The highest BCUT2D eigenvalue weighted by atomic mass is 31.1. The zero-order valence-electron chi connectivity index (χ0n) is 17.5. The molecule has 1 heterocycles. The number of benzene rings is 2. The molecule has 3 aromatic rings. The van der Waals surface area contributed by atoms with Crippen molar-refractivity contribution < 1.29 is 13.5 Å². The van der Waals surface area contributed by atoms with Crippen molar-refractivity contribution in [1.82, 2.24) is 9.97 Å². The second kappa shape index (κ2) is 8.58. The standard InChI is InChI=1S/C22H26F2N3OP/c1-12-15(8-7-9-16(12)21(23)24)13(2)25-22-17-10-20(29(5)6)19(28-4)11-18(17)26-14(3)27-22/h7-11,13,21H,1-6H3,(H,25,26,27)/t13-/m1/s1. The lowest BCUT2D eigenvalue weighted by Crippen LogP contribution is -2.13. The van der Waals surface area contributed by atoms with Crippen LogP contribution in [0.4, 0.5) is 14.6 Å². The minimum Gasteiger partial charge on any atom is -0.496 e. The molecule has 0 bridgehead atoms. The van der Waals surface area contributed by atoms with Gasteiger partial charge in [0.25, 0.3) is 6.43 Å². The molecule has 1 atom stereocenters. The lowest BCUT2D eigenvalue weighted by atomic mass is 9.97. The van der Waals surface area contributed by atoms with E-state index in [4.69, 9.17) is 4.74 Å². The third-order valence-corrected chi connectivity index (χ3v) is 6.38. The van der Waals surface area contributed by atoms with Crippen LogP contribution >= 0.6 is 7.92 Å². The quantitative estimate of drug-likeness (QED) is 0.520. The SMILES string of the molecule is COc1cc2nc(C)nc(N[C@H](C)c3cccc(C(F)F)c3C)c2cc1P(C)C. The summed E-state index contributed by atoms with van der Waals surface area (Å²) < 4.78 is 32.2. The van der Waals surface area contributed by atoms with Gasteiger partial charge in [-0.3, -0.25) is 0 Å². The van der Waals surface area contributed by atoms with Crippen LogP contribution in [0, 0.1) is 13.8 Å². The van der Waals surface area contributed by atoms with Crippen LogP contribution in [-0.2, 0) is 0 Å². The van der Waals surface area contributed by atoms with Gasteiger partial charge in [0.1, 0.15) is 17.4 Å². The molecular formula is C22H26F2N3OP. The number of nitrogens with one attached hydrogen (secondary N) is 1. The van der Waals surface area contributed by atoms with E-state index in [9.17, 15) is 8.78 Å². The molecule has 0 radical (unpaired) electrons. The normalized spacial score (nSPS) is 12.6. The molecule has 0 aliphatic carbocycles. The Kier molecular flexibility index (Phi) is 6.33. The number of aromatic nitrogens is 2.